The van der Waals surface area contributed by atoms with E-state index < -0.39 is 11.4 Å². The van der Waals surface area contributed by atoms with E-state index in [1.165, 1.54) is 0 Å². The van der Waals surface area contributed by atoms with Gasteiger partial charge in [0.1, 0.15) is 5.75 Å². The fraction of sp³-hybridized carbons (Fsp3) is 0.350. The van der Waals surface area contributed by atoms with Gasteiger partial charge in [-0.1, -0.05) is 42.5 Å². The molecule has 0 bridgehead atoms. The number of carbonyl (C=O) groups is 1. The zero-order valence-electron chi connectivity index (χ0n) is 14.5. The SMILES string of the molecule is COc1cc(-c2ccccc2)ccc1CNCCC(C)(C)C(=O)O. The quantitative estimate of drug-likeness (QED) is 0.721. The van der Waals surface area contributed by atoms with E-state index in [-0.39, 0.29) is 0 Å². The van der Waals surface area contributed by atoms with Gasteiger partial charge in [0.2, 0.25) is 0 Å². The average molecular weight is 327 g/mol. The zero-order chi connectivity index (χ0) is 17.6. The van der Waals surface area contributed by atoms with Crippen molar-refractivity contribution in [2.75, 3.05) is 13.7 Å². The van der Waals surface area contributed by atoms with Crippen LogP contribution in [0.3, 0.4) is 0 Å². The van der Waals surface area contributed by atoms with Crippen LogP contribution in [0.1, 0.15) is 25.8 Å². The van der Waals surface area contributed by atoms with Crippen molar-refractivity contribution in [3.8, 4) is 16.9 Å². The molecule has 0 saturated carbocycles. The lowest BCUT2D eigenvalue weighted by molar-refractivity contribution is -0.147. The summed E-state index contributed by atoms with van der Waals surface area (Å²) in [4.78, 5) is 11.1. The Bertz CT molecular complexity index is 681. The third kappa shape index (κ3) is 4.59. The van der Waals surface area contributed by atoms with Crippen LogP contribution in [0.2, 0.25) is 0 Å². The van der Waals surface area contributed by atoms with Crippen LogP contribution in [0.25, 0.3) is 11.1 Å². The molecular weight excluding hydrogens is 302 g/mol. The molecule has 0 saturated heterocycles. The summed E-state index contributed by atoms with van der Waals surface area (Å²) in [6.07, 6.45) is 0.576. The molecule has 0 aliphatic rings. The van der Waals surface area contributed by atoms with Crippen LogP contribution in [-0.2, 0) is 11.3 Å². The monoisotopic (exact) mass is 327 g/mol. The van der Waals surface area contributed by atoms with E-state index in [0.717, 1.165) is 22.4 Å². The molecule has 0 aliphatic carbocycles. The molecule has 128 valence electrons. The van der Waals surface area contributed by atoms with Crippen LogP contribution in [0, 0.1) is 5.41 Å². The molecule has 4 heteroatoms. The highest BCUT2D eigenvalue weighted by molar-refractivity contribution is 5.73. The van der Waals surface area contributed by atoms with Crippen LogP contribution >= 0.6 is 0 Å². The first-order valence-electron chi connectivity index (χ1n) is 8.10. The summed E-state index contributed by atoms with van der Waals surface area (Å²) in [7, 11) is 1.67. The standard InChI is InChI=1S/C20H25NO3/c1-20(2,19(22)23)11-12-21-14-17-10-9-16(13-18(17)24-3)15-7-5-4-6-8-15/h4-10,13,21H,11-12,14H2,1-3H3,(H,22,23). The third-order valence-corrected chi connectivity index (χ3v) is 4.22. The van der Waals surface area contributed by atoms with Crippen molar-refractivity contribution in [1.29, 1.82) is 0 Å². The van der Waals surface area contributed by atoms with Gasteiger partial charge in [-0.2, -0.15) is 0 Å². The van der Waals surface area contributed by atoms with Crippen LogP contribution < -0.4 is 10.1 Å². The summed E-state index contributed by atoms with van der Waals surface area (Å²) in [6.45, 7) is 4.77. The second-order valence-corrected chi connectivity index (χ2v) is 6.51. The maximum Gasteiger partial charge on any atom is 0.309 e. The minimum absolute atomic E-state index is 0.576. The molecule has 0 spiro atoms. The van der Waals surface area contributed by atoms with Gasteiger partial charge in [0, 0.05) is 12.1 Å². The Morgan fingerprint density at radius 1 is 1.12 bits per heavy atom. The molecule has 4 nitrogen and oxygen atoms in total. The van der Waals surface area contributed by atoms with Gasteiger partial charge in [0.15, 0.2) is 0 Å². The molecule has 0 heterocycles. The van der Waals surface area contributed by atoms with E-state index in [1.807, 2.05) is 24.3 Å². The molecule has 2 N–H and O–H groups in total. The van der Waals surface area contributed by atoms with Gasteiger partial charge >= 0.3 is 5.97 Å². The molecule has 0 unspecified atom stereocenters. The first kappa shape index (κ1) is 18.0. The molecule has 2 aromatic carbocycles. The van der Waals surface area contributed by atoms with E-state index in [4.69, 9.17) is 9.84 Å². The van der Waals surface area contributed by atoms with Crippen molar-refractivity contribution in [1.82, 2.24) is 5.32 Å². The molecule has 0 atom stereocenters. The normalized spacial score (nSPS) is 11.3. The fourth-order valence-corrected chi connectivity index (χ4v) is 2.43. The second-order valence-electron chi connectivity index (χ2n) is 6.51. The van der Waals surface area contributed by atoms with Gasteiger partial charge in [-0.05, 0) is 44.0 Å². The Hall–Kier alpha value is -2.33. The Labute approximate surface area is 143 Å². The van der Waals surface area contributed by atoms with Crippen molar-refractivity contribution in [3.05, 3.63) is 54.1 Å². The number of carboxylic acids is 1. The van der Waals surface area contributed by atoms with Gasteiger partial charge < -0.3 is 15.2 Å². The topological polar surface area (TPSA) is 58.6 Å². The van der Waals surface area contributed by atoms with Crippen molar-refractivity contribution >= 4 is 5.97 Å². The summed E-state index contributed by atoms with van der Waals surface area (Å²) < 4.78 is 5.51. The van der Waals surface area contributed by atoms with E-state index in [0.29, 0.717) is 19.5 Å². The highest BCUT2D eigenvalue weighted by Gasteiger charge is 2.26. The third-order valence-electron chi connectivity index (χ3n) is 4.22. The minimum Gasteiger partial charge on any atom is -0.496 e. The van der Waals surface area contributed by atoms with Crippen LogP contribution in [-0.4, -0.2) is 24.7 Å². The molecule has 0 aromatic heterocycles. The highest BCUT2D eigenvalue weighted by Crippen LogP contribution is 2.27. The number of methoxy groups -OCH3 is 1. The number of carboxylic acid groups (broad SMARTS) is 1. The van der Waals surface area contributed by atoms with E-state index in [1.54, 1.807) is 21.0 Å². The van der Waals surface area contributed by atoms with Crippen molar-refractivity contribution in [3.63, 3.8) is 0 Å². The number of benzene rings is 2. The van der Waals surface area contributed by atoms with Gasteiger partial charge in [-0.3, -0.25) is 4.79 Å². The van der Waals surface area contributed by atoms with E-state index in [9.17, 15) is 4.79 Å². The molecule has 0 fully saturated rings. The first-order chi connectivity index (χ1) is 11.4. The number of hydrogen-bond donors (Lipinski definition) is 2. The maximum absolute atomic E-state index is 11.1. The Balaban J connectivity index is 2.00. The smallest absolute Gasteiger partial charge is 0.309 e. The molecule has 2 rings (SSSR count). The fourth-order valence-electron chi connectivity index (χ4n) is 2.43. The first-order valence-corrected chi connectivity index (χ1v) is 8.10. The molecule has 2 aromatic rings. The number of ether oxygens (including phenoxy) is 1. The van der Waals surface area contributed by atoms with Crippen LogP contribution in [0.4, 0.5) is 0 Å². The minimum atomic E-state index is -0.769. The van der Waals surface area contributed by atoms with Gasteiger partial charge in [-0.15, -0.1) is 0 Å². The average Bonchev–Trinajstić information content (AvgIpc) is 2.59. The number of rotatable bonds is 8. The van der Waals surface area contributed by atoms with Crippen molar-refractivity contribution in [2.24, 2.45) is 5.41 Å². The van der Waals surface area contributed by atoms with Crippen LogP contribution in [0.15, 0.2) is 48.5 Å². The maximum atomic E-state index is 11.1. The lowest BCUT2D eigenvalue weighted by Gasteiger charge is -2.19. The Kier molecular flexibility index (Phi) is 5.99. The lowest BCUT2D eigenvalue weighted by atomic mass is 9.90. The summed E-state index contributed by atoms with van der Waals surface area (Å²) in [5, 5.41) is 12.4. The molecule has 24 heavy (non-hydrogen) atoms. The zero-order valence-corrected chi connectivity index (χ0v) is 14.5. The Morgan fingerprint density at radius 2 is 1.83 bits per heavy atom. The number of aliphatic carboxylic acids is 1. The summed E-state index contributed by atoms with van der Waals surface area (Å²) >= 11 is 0. The van der Waals surface area contributed by atoms with Gasteiger partial charge in [0.05, 0.1) is 12.5 Å². The summed E-state index contributed by atoms with van der Waals surface area (Å²) in [6, 6.07) is 16.3. The van der Waals surface area contributed by atoms with Gasteiger partial charge in [0.25, 0.3) is 0 Å². The highest BCUT2D eigenvalue weighted by atomic mass is 16.5. The number of hydrogen-bond acceptors (Lipinski definition) is 3. The Morgan fingerprint density at radius 3 is 2.46 bits per heavy atom. The molecule has 0 radical (unpaired) electrons. The van der Waals surface area contributed by atoms with E-state index in [2.05, 4.69) is 29.6 Å². The lowest BCUT2D eigenvalue weighted by Crippen LogP contribution is -2.28. The predicted molar refractivity (Wildman–Crippen MR) is 96.2 cm³/mol. The van der Waals surface area contributed by atoms with Crippen molar-refractivity contribution in [2.45, 2.75) is 26.8 Å². The van der Waals surface area contributed by atoms with Crippen molar-refractivity contribution < 1.29 is 14.6 Å². The van der Waals surface area contributed by atoms with Gasteiger partial charge in [-0.25, -0.2) is 0 Å². The molecule has 0 aliphatic heterocycles. The van der Waals surface area contributed by atoms with E-state index >= 15 is 0 Å². The number of nitrogens with one attached hydrogen (secondary N) is 1. The second kappa shape index (κ2) is 7.97. The van der Waals surface area contributed by atoms with Crippen LogP contribution in [0.5, 0.6) is 5.75 Å². The largest absolute Gasteiger partial charge is 0.496 e. The molecule has 0 amide bonds. The summed E-state index contributed by atoms with van der Waals surface area (Å²) in [5.74, 6) is 0.0652. The molecular formula is C20H25NO3. The predicted octanol–water partition coefficient (Wildman–Crippen LogP) is 3.95. The summed E-state index contributed by atoms with van der Waals surface area (Å²) in [5.41, 5.74) is 2.61.